The zero-order valence-corrected chi connectivity index (χ0v) is 22.1. The summed E-state index contributed by atoms with van der Waals surface area (Å²) in [6.07, 6.45) is 0. The largest absolute Gasteiger partial charge is 0.348 e. The molecule has 6 nitrogen and oxygen atoms in total. The maximum Gasteiger partial charge on any atom is 0.261 e. The topological polar surface area (TPSA) is 92.3 Å². The molecule has 0 saturated heterocycles. The van der Waals surface area contributed by atoms with Gasteiger partial charge in [-0.2, -0.15) is 0 Å². The Labute approximate surface area is 230 Å². The number of benzene rings is 4. The summed E-state index contributed by atoms with van der Waals surface area (Å²) in [5, 5.41) is 4.10. The van der Waals surface area contributed by atoms with Gasteiger partial charge >= 0.3 is 0 Å². The third-order valence-electron chi connectivity index (χ3n) is 6.00. The van der Waals surface area contributed by atoms with Crippen LogP contribution in [-0.2, 0) is 16.6 Å². The first-order chi connectivity index (χ1) is 19.1. The van der Waals surface area contributed by atoms with E-state index in [1.807, 2.05) is 12.1 Å². The average molecular weight is 581 g/mol. The van der Waals surface area contributed by atoms with Crippen LogP contribution in [0, 0.1) is 17.5 Å². The molecule has 1 aromatic heterocycles. The molecule has 0 spiro atoms. The van der Waals surface area contributed by atoms with Crippen LogP contribution in [0.15, 0.2) is 100.0 Å². The van der Waals surface area contributed by atoms with Crippen LogP contribution >= 0.6 is 11.3 Å². The maximum absolute atomic E-state index is 13.5. The molecule has 5 aromatic rings. The average Bonchev–Trinajstić information content (AvgIpc) is 2.92. The molecule has 0 aliphatic carbocycles. The highest BCUT2D eigenvalue weighted by Gasteiger charge is 2.19. The summed E-state index contributed by atoms with van der Waals surface area (Å²) >= 11 is 1.09. The SMILES string of the molecule is O=C(NCc1ccc(-c2ccc(F)cc2)cc1)c1csc2ccc(S(=O)(=O)Nc3cc(F)cc(F)c3)cc2c1=O. The molecule has 1 heterocycles. The van der Waals surface area contributed by atoms with Crippen LogP contribution < -0.4 is 15.5 Å². The molecule has 1 amide bonds. The van der Waals surface area contributed by atoms with Crippen LogP contribution in [0.2, 0.25) is 0 Å². The first-order valence-corrected chi connectivity index (χ1v) is 14.1. The van der Waals surface area contributed by atoms with Crippen molar-refractivity contribution in [1.82, 2.24) is 5.32 Å². The van der Waals surface area contributed by atoms with E-state index in [1.54, 1.807) is 24.3 Å². The van der Waals surface area contributed by atoms with E-state index in [2.05, 4.69) is 10.0 Å². The number of carbonyl (C=O) groups is 1. The van der Waals surface area contributed by atoms with E-state index in [9.17, 15) is 31.2 Å². The summed E-state index contributed by atoms with van der Waals surface area (Å²) in [6, 6.07) is 19.4. The normalized spacial score (nSPS) is 11.4. The van der Waals surface area contributed by atoms with Crippen molar-refractivity contribution in [3.05, 3.63) is 129 Å². The third-order valence-corrected chi connectivity index (χ3v) is 8.34. The fraction of sp³-hybridized carbons (Fsp3) is 0.0345. The molecule has 0 aliphatic rings. The van der Waals surface area contributed by atoms with E-state index < -0.39 is 33.0 Å². The first-order valence-electron chi connectivity index (χ1n) is 11.8. The van der Waals surface area contributed by atoms with Gasteiger partial charge in [-0.3, -0.25) is 14.3 Å². The minimum absolute atomic E-state index is 0.00889. The molecule has 0 saturated carbocycles. The first kappa shape index (κ1) is 27.1. The molecule has 202 valence electrons. The van der Waals surface area contributed by atoms with Gasteiger partial charge in [0.15, 0.2) is 0 Å². The number of fused-ring (bicyclic) bond motifs is 1. The molecule has 0 bridgehead atoms. The molecular formula is C29H19F3N2O4S2. The Hall–Kier alpha value is -4.48. The number of nitrogens with one attached hydrogen (secondary N) is 2. The number of halogens is 3. The lowest BCUT2D eigenvalue weighted by atomic mass is 10.0. The molecule has 5 rings (SSSR count). The minimum atomic E-state index is -4.30. The van der Waals surface area contributed by atoms with E-state index in [1.165, 1.54) is 29.6 Å². The summed E-state index contributed by atoms with van der Waals surface area (Å²) < 4.78 is 68.4. The fourth-order valence-electron chi connectivity index (χ4n) is 4.00. The van der Waals surface area contributed by atoms with Crippen LogP contribution in [0.25, 0.3) is 21.2 Å². The smallest absolute Gasteiger partial charge is 0.261 e. The third kappa shape index (κ3) is 5.90. The molecule has 0 unspecified atom stereocenters. The monoisotopic (exact) mass is 580 g/mol. The minimum Gasteiger partial charge on any atom is -0.348 e. The molecule has 0 atom stereocenters. The molecule has 0 fully saturated rings. The highest BCUT2D eigenvalue weighted by atomic mass is 32.2. The second-order valence-electron chi connectivity index (χ2n) is 8.79. The van der Waals surface area contributed by atoms with Gasteiger partial charge in [0.2, 0.25) is 5.43 Å². The van der Waals surface area contributed by atoms with Crippen molar-refractivity contribution >= 4 is 43.0 Å². The van der Waals surface area contributed by atoms with Crippen LogP contribution in [0.4, 0.5) is 18.9 Å². The van der Waals surface area contributed by atoms with E-state index in [4.69, 9.17) is 0 Å². The van der Waals surface area contributed by atoms with E-state index in [0.717, 1.165) is 46.2 Å². The molecule has 4 aromatic carbocycles. The Bertz CT molecular complexity index is 1890. The lowest BCUT2D eigenvalue weighted by Gasteiger charge is -2.10. The highest BCUT2D eigenvalue weighted by Crippen LogP contribution is 2.24. The summed E-state index contributed by atoms with van der Waals surface area (Å²) in [7, 11) is -4.30. The van der Waals surface area contributed by atoms with Crippen LogP contribution in [-0.4, -0.2) is 14.3 Å². The van der Waals surface area contributed by atoms with Gasteiger partial charge in [0, 0.05) is 28.1 Å². The van der Waals surface area contributed by atoms with Crippen molar-refractivity contribution in [3.8, 4) is 11.1 Å². The van der Waals surface area contributed by atoms with Gasteiger partial charge in [-0.05, 0) is 59.2 Å². The second kappa shape index (κ2) is 10.9. The van der Waals surface area contributed by atoms with Gasteiger partial charge < -0.3 is 5.32 Å². The van der Waals surface area contributed by atoms with Crippen molar-refractivity contribution < 1.29 is 26.4 Å². The summed E-state index contributed by atoms with van der Waals surface area (Å²) in [4.78, 5) is 25.7. The number of hydrogen-bond acceptors (Lipinski definition) is 5. The maximum atomic E-state index is 13.5. The number of hydrogen-bond donors (Lipinski definition) is 2. The Morgan fingerprint density at radius 2 is 1.40 bits per heavy atom. The van der Waals surface area contributed by atoms with E-state index >= 15 is 0 Å². The Morgan fingerprint density at radius 1 is 0.775 bits per heavy atom. The van der Waals surface area contributed by atoms with Gasteiger partial charge in [-0.25, -0.2) is 21.6 Å². The van der Waals surface area contributed by atoms with E-state index in [-0.39, 0.29) is 33.9 Å². The van der Waals surface area contributed by atoms with Crippen molar-refractivity contribution in [2.75, 3.05) is 4.72 Å². The van der Waals surface area contributed by atoms with Crippen molar-refractivity contribution in [2.45, 2.75) is 11.4 Å². The van der Waals surface area contributed by atoms with Gasteiger partial charge in [0.1, 0.15) is 17.5 Å². The Kier molecular flexibility index (Phi) is 7.42. The van der Waals surface area contributed by atoms with Crippen LogP contribution in [0.3, 0.4) is 0 Å². The standard InChI is InChI=1S/C29H19F3N2O4S2/c30-20-7-5-19(6-8-20)18-3-1-17(2-4-18)15-33-29(36)26-16-39-27-10-9-24(14-25(27)28(26)35)40(37,38)34-23-12-21(31)11-22(32)13-23/h1-14,16,34H,15H2,(H,33,36). The predicted octanol–water partition coefficient (Wildman–Crippen LogP) is 6.08. The molecule has 11 heteroatoms. The molecule has 0 radical (unpaired) electrons. The van der Waals surface area contributed by atoms with Crippen molar-refractivity contribution in [3.63, 3.8) is 0 Å². The predicted molar refractivity (Wildman–Crippen MR) is 148 cm³/mol. The second-order valence-corrected chi connectivity index (χ2v) is 11.4. The van der Waals surface area contributed by atoms with Crippen LogP contribution in [0.1, 0.15) is 15.9 Å². The van der Waals surface area contributed by atoms with Crippen molar-refractivity contribution in [2.24, 2.45) is 0 Å². The van der Waals surface area contributed by atoms with Crippen LogP contribution in [0.5, 0.6) is 0 Å². The zero-order valence-electron chi connectivity index (χ0n) is 20.5. The summed E-state index contributed by atoms with van der Waals surface area (Å²) in [6.45, 7) is 0.132. The van der Waals surface area contributed by atoms with Gasteiger partial charge in [0.05, 0.1) is 16.1 Å². The fourth-order valence-corrected chi connectivity index (χ4v) is 5.95. The molecular weight excluding hydrogens is 561 g/mol. The van der Waals surface area contributed by atoms with Gasteiger partial charge in [-0.1, -0.05) is 36.4 Å². The van der Waals surface area contributed by atoms with Gasteiger partial charge in [-0.15, -0.1) is 11.3 Å². The lowest BCUT2D eigenvalue weighted by molar-refractivity contribution is 0.0950. The number of sulfonamides is 1. The Balaban J connectivity index is 1.34. The van der Waals surface area contributed by atoms with Crippen molar-refractivity contribution in [1.29, 1.82) is 0 Å². The zero-order chi connectivity index (χ0) is 28.4. The number of carbonyl (C=O) groups excluding carboxylic acids is 1. The number of rotatable bonds is 7. The summed E-state index contributed by atoms with van der Waals surface area (Å²) in [5.41, 5.74) is 1.34. The number of amides is 1. The molecule has 40 heavy (non-hydrogen) atoms. The number of anilines is 1. The summed E-state index contributed by atoms with van der Waals surface area (Å²) in [5.74, 6) is -2.88. The lowest BCUT2D eigenvalue weighted by Crippen LogP contribution is -2.28. The Morgan fingerprint density at radius 3 is 2.05 bits per heavy atom. The molecule has 0 aliphatic heterocycles. The van der Waals surface area contributed by atoms with Gasteiger partial charge in [0.25, 0.3) is 15.9 Å². The highest BCUT2D eigenvalue weighted by molar-refractivity contribution is 7.92. The quantitative estimate of drug-likeness (QED) is 0.244. The van der Waals surface area contributed by atoms with E-state index in [0.29, 0.717) is 10.8 Å². The molecule has 2 N–H and O–H groups in total.